The van der Waals surface area contributed by atoms with Crippen molar-refractivity contribution in [2.24, 2.45) is 0 Å². The molecule has 1 aromatic carbocycles. The molecular formula is C13H20N3O2+. The van der Waals surface area contributed by atoms with Crippen LogP contribution in [0.5, 0.6) is 0 Å². The summed E-state index contributed by atoms with van der Waals surface area (Å²) in [5, 5.41) is 0. The second-order valence-electron chi connectivity index (χ2n) is 4.71. The second-order valence-corrected chi connectivity index (χ2v) is 4.71. The van der Waals surface area contributed by atoms with Gasteiger partial charge in [0.15, 0.2) is 0 Å². The summed E-state index contributed by atoms with van der Waals surface area (Å²) in [6, 6.07) is 5.36. The Labute approximate surface area is 107 Å². The fourth-order valence-corrected chi connectivity index (χ4v) is 2.22. The maximum absolute atomic E-state index is 11.4. The number of likely N-dealkylation sites (N-methyl/N-ethyl adjacent to an activating group) is 1. The van der Waals surface area contributed by atoms with Crippen LogP contribution in [0.3, 0.4) is 0 Å². The number of ether oxygens (including phenoxy) is 1. The number of quaternary nitrogens is 1. The first-order valence-corrected chi connectivity index (χ1v) is 6.16. The van der Waals surface area contributed by atoms with E-state index in [-0.39, 0.29) is 5.97 Å². The van der Waals surface area contributed by atoms with Crippen LogP contribution in [0.15, 0.2) is 18.2 Å². The lowest BCUT2D eigenvalue weighted by Crippen LogP contribution is -3.12. The van der Waals surface area contributed by atoms with E-state index in [4.69, 9.17) is 5.73 Å². The van der Waals surface area contributed by atoms with Crippen molar-refractivity contribution >= 4 is 17.3 Å². The highest BCUT2D eigenvalue weighted by atomic mass is 16.5. The van der Waals surface area contributed by atoms with Crippen LogP contribution in [0.25, 0.3) is 0 Å². The van der Waals surface area contributed by atoms with Crippen LogP contribution in [-0.2, 0) is 4.74 Å². The Balaban J connectivity index is 2.17. The smallest absolute Gasteiger partial charge is 0.337 e. The van der Waals surface area contributed by atoms with Crippen LogP contribution in [0.4, 0.5) is 11.4 Å². The molecule has 1 fully saturated rings. The summed E-state index contributed by atoms with van der Waals surface area (Å²) in [7, 11) is 3.57. The molecule has 0 amide bonds. The van der Waals surface area contributed by atoms with E-state index in [0.717, 1.165) is 31.9 Å². The van der Waals surface area contributed by atoms with Gasteiger partial charge < -0.3 is 20.3 Å². The van der Waals surface area contributed by atoms with Gasteiger partial charge in [0.1, 0.15) is 0 Å². The molecule has 0 spiro atoms. The largest absolute Gasteiger partial charge is 0.465 e. The number of methoxy groups -OCH3 is 1. The van der Waals surface area contributed by atoms with E-state index in [9.17, 15) is 4.79 Å². The number of rotatable bonds is 2. The summed E-state index contributed by atoms with van der Waals surface area (Å²) >= 11 is 0. The number of hydrogen-bond donors (Lipinski definition) is 2. The van der Waals surface area contributed by atoms with Crippen molar-refractivity contribution < 1.29 is 14.4 Å². The normalized spacial score (nSPS) is 16.7. The molecule has 0 atom stereocenters. The second kappa shape index (κ2) is 5.27. The monoisotopic (exact) mass is 250 g/mol. The van der Waals surface area contributed by atoms with Gasteiger partial charge >= 0.3 is 5.97 Å². The van der Waals surface area contributed by atoms with Gasteiger partial charge in [0.2, 0.25) is 0 Å². The summed E-state index contributed by atoms with van der Waals surface area (Å²) in [5.41, 5.74) is 8.17. The van der Waals surface area contributed by atoms with Crippen LogP contribution in [-0.4, -0.2) is 46.3 Å². The van der Waals surface area contributed by atoms with E-state index in [1.807, 2.05) is 6.07 Å². The van der Waals surface area contributed by atoms with Crippen LogP contribution >= 0.6 is 0 Å². The van der Waals surface area contributed by atoms with Gasteiger partial charge in [0.05, 0.1) is 57.3 Å². The highest BCUT2D eigenvalue weighted by molar-refractivity contribution is 5.91. The van der Waals surface area contributed by atoms with Crippen LogP contribution in [0.2, 0.25) is 0 Å². The molecule has 3 N–H and O–H groups in total. The Bertz CT molecular complexity index is 440. The van der Waals surface area contributed by atoms with Gasteiger partial charge in [-0.1, -0.05) is 0 Å². The third-order valence-corrected chi connectivity index (χ3v) is 3.41. The fourth-order valence-electron chi connectivity index (χ4n) is 2.22. The predicted molar refractivity (Wildman–Crippen MR) is 71.0 cm³/mol. The van der Waals surface area contributed by atoms with E-state index in [0.29, 0.717) is 11.3 Å². The van der Waals surface area contributed by atoms with Crippen molar-refractivity contribution in [2.75, 3.05) is 51.0 Å². The molecule has 1 aliphatic rings. The number of piperazine rings is 1. The minimum absolute atomic E-state index is 0.351. The molecule has 0 bridgehead atoms. The molecule has 1 aliphatic heterocycles. The van der Waals surface area contributed by atoms with Crippen LogP contribution in [0, 0.1) is 0 Å². The van der Waals surface area contributed by atoms with Crippen molar-refractivity contribution in [2.45, 2.75) is 0 Å². The molecule has 0 unspecified atom stereocenters. The van der Waals surface area contributed by atoms with Crippen LogP contribution < -0.4 is 15.5 Å². The quantitative estimate of drug-likeness (QED) is 0.543. The summed E-state index contributed by atoms with van der Waals surface area (Å²) in [6.07, 6.45) is 0. The van der Waals surface area contributed by atoms with Gasteiger partial charge in [-0.15, -0.1) is 0 Å². The van der Waals surface area contributed by atoms with Crippen molar-refractivity contribution in [1.82, 2.24) is 0 Å². The molecule has 5 heteroatoms. The Morgan fingerprint density at radius 2 is 2.06 bits per heavy atom. The molecule has 1 saturated heterocycles. The molecule has 18 heavy (non-hydrogen) atoms. The molecule has 98 valence electrons. The Morgan fingerprint density at radius 1 is 1.39 bits per heavy atom. The molecule has 1 heterocycles. The van der Waals surface area contributed by atoms with Gasteiger partial charge in [0.25, 0.3) is 0 Å². The van der Waals surface area contributed by atoms with E-state index in [1.54, 1.807) is 12.1 Å². The topological polar surface area (TPSA) is 60.0 Å². The highest BCUT2D eigenvalue weighted by Gasteiger charge is 2.19. The molecule has 0 radical (unpaired) electrons. The average molecular weight is 250 g/mol. The molecule has 5 nitrogen and oxygen atoms in total. The first kappa shape index (κ1) is 12.7. The maximum Gasteiger partial charge on any atom is 0.337 e. The third-order valence-electron chi connectivity index (χ3n) is 3.41. The summed E-state index contributed by atoms with van der Waals surface area (Å²) < 4.78 is 4.68. The van der Waals surface area contributed by atoms with E-state index in [2.05, 4.69) is 16.7 Å². The maximum atomic E-state index is 11.4. The number of hydrogen-bond acceptors (Lipinski definition) is 4. The zero-order valence-electron chi connectivity index (χ0n) is 10.9. The van der Waals surface area contributed by atoms with Crippen molar-refractivity contribution in [1.29, 1.82) is 0 Å². The minimum atomic E-state index is -0.351. The summed E-state index contributed by atoms with van der Waals surface area (Å²) in [4.78, 5) is 15.2. The number of nitrogen functional groups attached to an aromatic ring is 1. The molecule has 1 aromatic rings. The Kier molecular flexibility index (Phi) is 3.72. The number of nitrogens with one attached hydrogen (secondary N) is 1. The van der Waals surface area contributed by atoms with Crippen LogP contribution in [0.1, 0.15) is 10.4 Å². The van der Waals surface area contributed by atoms with Gasteiger partial charge in [-0.05, 0) is 18.2 Å². The number of nitrogens with zero attached hydrogens (tertiary/aromatic N) is 1. The van der Waals surface area contributed by atoms with Crippen molar-refractivity contribution in [3.63, 3.8) is 0 Å². The van der Waals surface area contributed by atoms with Gasteiger partial charge in [-0.3, -0.25) is 0 Å². The van der Waals surface area contributed by atoms with Crippen molar-refractivity contribution in [3.8, 4) is 0 Å². The number of carbonyl (C=O) groups is 1. The molecule has 0 aliphatic carbocycles. The number of carbonyl (C=O) groups excluding carboxylic acids is 1. The zero-order chi connectivity index (χ0) is 13.1. The molecular weight excluding hydrogens is 230 g/mol. The fraction of sp³-hybridized carbons (Fsp3) is 0.462. The first-order chi connectivity index (χ1) is 8.61. The average Bonchev–Trinajstić information content (AvgIpc) is 2.39. The number of anilines is 2. The van der Waals surface area contributed by atoms with Crippen molar-refractivity contribution in [3.05, 3.63) is 23.8 Å². The summed E-state index contributed by atoms with van der Waals surface area (Å²) in [6.45, 7) is 4.21. The van der Waals surface area contributed by atoms with E-state index >= 15 is 0 Å². The highest BCUT2D eigenvalue weighted by Crippen LogP contribution is 2.24. The van der Waals surface area contributed by atoms with Gasteiger partial charge in [-0.2, -0.15) is 0 Å². The molecule has 0 aromatic heterocycles. The Hall–Kier alpha value is -1.75. The number of benzene rings is 1. The lowest BCUT2D eigenvalue weighted by Gasteiger charge is -2.32. The number of esters is 1. The molecule has 0 saturated carbocycles. The third kappa shape index (κ3) is 2.56. The Morgan fingerprint density at radius 3 is 2.61 bits per heavy atom. The predicted octanol–water partition coefficient (Wildman–Crippen LogP) is -0.610. The lowest BCUT2D eigenvalue weighted by molar-refractivity contribution is -0.880. The zero-order valence-corrected chi connectivity index (χ0v) is 10.9. The minimum Gasteiger partial charge on any atom is -0.465 e. The van der Waals surface area contributed by atoms with Gasteiger partial charge in [0, 0.05) is 0 Å². The lowest BCUT2D eigenvalue weighted by atomic mass is 10.1. The van der Waals surface area contributed by atoms with E-state index in [1.165, 1.54) is 12.0 Å². The standard InChI is InChI=1S/C13H19N3O2/c1-15-5-7-16(8-6-15)12-4-3-10(9-11(12)14)13(17)18-2/h3-4,9H,5-8,14H2,1-2H3/p+1. The summed E-state index contributed by atoms with van der Waals surface area (Å²) in [5.74, 6) is -0.351. The van der Waals surface area contributed by atoms with Gasteiger partial charge in [-0.25, -0.2) is 4.79 Å². The van der Waals surface area contributed by atoms with E-state index < -0.39 is 0 Å². The molecule has 2 rings (SSSR count). The number of nitrogens with two attached hydrogens (primary N) is 1. The first-order valence-electron chi connectivity index (χ1n) is 6.16. The SMILES string of the molecule is COC(=O)c1ccc(N2CC[NH+](C)CC2)c(N)c1.